The Labute approximate surface area is 152 Å². The highest BCUT2D eigenvalue weighted by Crippen LogP contribution is 2.60. The Bertz CT molecular complexity index is 548. The summed E-state index contributed by atoms with van der Waals surface area (Å²) in [6.45, 7) is 3.69. The van der Waals surface area contributed by atoms with Crippen molar-refractivity contribution in [2.75, 3.05) is 13.2 Å². The molecular formula is C19H28F2O5. The van der Waals surface area contributed by atoms with Gasteiger partial charge in [-0.15, -0.1) is 0 Å². The molecule has 0 aromatic heterocycles. The zero-order valence-electron chi connectivity index (χ0n) is 15.5. The van der Waals surface area contributed by atoms with Gasteiger partial charge < -0.3 is 14.2 Å². The Balaban J connectivity index is 1.79. The highest BCUT2D eigenvalue weighted by atomic mass is 19.3. The van der Waals surface area contributed by atoms with E-state index < -0.39 is 23.1 Å². The maximum Gasteiger partial charge on any atom is 0.456 e. The molecule has 0 N–H and O–H groups in total. The first-order valence-corrected chi connectivity index (χ1v) is 9.67. The number of hydrogen-bond donors (Lipinski definition) is 0. The van der Waals surface area contributed by atoms with Crippen molar-refractivity contribution < 1.29 is 32.6 Å². The number of carbonyl (C=O) groups excluding carboxylic acids is 2. The number of esters is 2. The first kappa shape index (κ1) is 19.5. The molecule has 0 aliphatic heterocycles. The van der Waals surface area contributed by atoms with Crippen molar-refractivity contribution in [3.05, 3.63) is 0 Å². The van der Waals surface area contributed by atoms with Crippen LogP contribution in [-0.2, 0) is 23.8 Å². The zero-order valence-corrected chi connectivity index (χ0v) is 15.5. The van der Waals surface area contributed by atoms with E-state index in [2.05, 4.69) is 4.74 Å². The lowest BCUT2D eigenvalue weighted by Crippen LogP contribution is -2.49. The minimum absolute atomic E-state index is 0.123. The average molecular weight is 374 g/mol. The number of fused-ring (bicyclic) bond motifs is 1. The standard InChI is InChI=1S/C19H28F2O5/c1-3-7-25-15(22)17-5-6-18(26-19(20,21)16(23)24-4-2)11-13(9-17)8-14(10-17)12-18/h13-14H,3-12H2,1-2H3. The van der Waals surface area contributed by atoms with Crippen LogP contribution in [0, 0.1) is 17.3 Å². The van der Waals surface area contributed by atoms with E-state index >= 15 is 0 Å². The summed E-state index contributed by atoms with van der Waals surface area (Å²) in [6, 6.07) is 0. The predicted molar refractivity (Wildman–Crippen MR) is 88.4 cm³/mol. The van der Waals surface area contributed by atoms with Gasteiger partial charge in [0.2, 0.25) is 0 Å². The Morgan fingerprint density at radius 1 is 1.04 bits per heavy atom. The number of rotatable bonds is 7. The summed E-state index contributed by atoms with van der Waals surface area (Å²) in [7, 11) is 0. The first-order chi connectivity index (χ1) is 12.2. The fraction of sp³-hybridized carbons (Fsp3) is 0.895. The van der Waals surface area contributed by atoms with E-state index in [1.807, 2.05) is 6.92 Å². The van der Waals surface area contributed by atoms with Gasteiger partial charge in [-0.25, -0.2) is 4.79 Å². The third-order valence-corrected chi connectivity index (χ3v) is 6.13. The predicted octanol–water partition coefficient (Wildman–Crippen LogP) is 3.84. The maximum absolute atomic E-state index is 14.3. The Morgan fingerprint density at radius 3 is 2.27 bits per heavy atom. The number of alkyl halides is 2. The number of ether oxygens (including phenoxy) is 3. The molecular weight excluding hydrogens is 346 g/mol. The second-order valence-electron chi connectivity index (χ2n) is 8.22. The largest absolute Gasteiger partial charge is 0.465 e. The molecule has 4 rings (SSSR count). The quantitative estimate of drug-likeness (QED) is 0.634. The molecule has 4 aliphatic carbocycles. The summed E-state index contributed by atoms with van der Waals surface area (Å²) < 4.78 is 43.6. The van der Waals surface area contributed by atoms with Crippen LogP contribution in [0.1, 0.15) is 65.2 Å². The van der Waals surface area contributed by atoms with Crippen molar-refractivity contribution in [3.63, 3.8) is 0 Å². The lowest BCUT2D eigenvalue weighted by atomic mass is 9.61. The lowest BCUT2D eigenvalue weighted by Gasteiger charge is -2.47. The minimum Gasteiger partial charge on any atom is -0.465 e. The molecule has 0 heterocycles. The molecule has 0 radical (unpaired) electrons. The molecule has 7 heteroatoms. The zero-order chi connectivity index (χ0) is 19.0. The van der Waals surface area contributed by atoms with Gasteiger partial charge in [-0.2, -0.15) is 8.78 Å². The summed E-state index contributed by atoms with van der Waals surface area (Å²) in [5, 5.41) is 0. The van der Waals surface area contributed by atoms with Crippen molar-refractivity contribution in [3.8, 4) is 0 Å². The van der Waals surface area contributed by atoms with Crippen LogP contribution in [0.3, 0.4) is 0 Å². The molecule has 5 nitrogen and oxygen atoms in total. The van der Waals surface area contributed by atoms with Gasteiger partial charge in [-0.3, -0.25) is 4.79 Å². The third kappa shape index (κ3) is 3.59. The molecule has 26 heavy (non-hydrogen) atoms. The molecule has 4 fully saturated rings. The van der Waals surface area contributed by atoms with Crippen molar-refractivity contribution >= 4 is 11.9 Å². The van der Waals surface area contributed by atoms with Crippen LogP contribution < -0.4 is 0 Å². The van der Waals surface area contributed by atoms with E-state index in [0.29, 0.717) is 45.1 Å². The van der Waals surface area contributed by atoms with E-state index in [4.69, 9.17) is 9.47 Å². The van der Waals surface area contributed by atoms with Gasteiger partial charge in [0.1, 0.15) is 0 Å². The number of halogens is 2. The SMILES string of the molecule is CCCOC(=O)C12CCC3(OC(F)(F)C(=O)OCC)CC(CC(C3)C1)C2. The molecule has 0 aromatic carbocycles. The topological polar surface area (TPSA) is 61.8 Å². The lowest BCUT2D eigenvalue weighted by molar-refractivity contribution is -0.302. The van der Waals surface area contributed by atoms with Crippen LogP contribution in [0.4, 0.5) is 8.78 Å². The molecule has 2 atom stereocenters. The second-order valence-corrected chi connectivity index (χ2v) is 8.22. The molecule has 4 aliphatic rings. The van der Waals surface area contributed by atoms with E-state index in [1.54, 1.807) is 0 Å². The van der Waals surface area contributed by atoms with Gasteiger partial charge >= 0.3 is 18.0 Å². The summed E-state index contributed by atoms with van der Waals surface area (Å²) in [6.07, 6.45) is 0.805. The summed E-state index contributed by atoms with van der Waals surface area (Å²) >= 11 is 0. The maximum atomic E-state index is 14.3. The van der Waals surface area contributed by atoms with Gasteiger partial charge in [-0.05, 0) is 70.1 Å². The van der Waals surface area contributed by atoms with Gasteiger partial charge in [0, 0.05) is 0 Å². The number of carbonyl (C=O) groups is 2. The Kier molecular flexibility index (Phi) is 5.30. The normalized spacial score (nSPS) is 35.8. The third-order valence-electron chi connectivity index (χ3n) is 6.13. The monoisotopic (exact) mass is 374 g/mol. The highest BCUT2D eigenvalue weighted by Gasteiger charge is 2.60. The van der Waals surface area contributed by atoms with Gasteiger partial charge in [0.15, 0.2) is 0 Å². The van der Waals surface area contributed by atoms with Crippen LogP contribution in [0.15, 0.2) is 0 Å². The van der Waals surface area contributed by atoms with Crippen molar-refractivity contribution in [2.24, 2.45) is 17.3 Å². The summed E-state index contributed by atoms with van der Waals surface area (Å²) in [4.78, 5) is 24.3. The van der Waals surface area contributed by atoms with E-state index in [1.165, 1.54) is 6.92 Å². The smallest absolute Gasteiger partial charge is 0.456 e. The fourth-order valence-electron chi connectivity index (χ4n) is 5.43. The second kappa shape index (κ2) is 7.06. The van der Waals surface area contributed by atoms with Crippen molar-refractivity contribution in [1.82, 2.24) is 0 Å². The van der Waals surface area contributed by atoms with E-state index in [0.717, 1.165) is 12.8 Å². The Morgan fingerprint density at radius 2 is 1.69 bits per heavy atom. The summed E-state index contributed by atoms with van der Waals surface area (Å²) in [5.41, 5.74) is -1.64. The van der Waals surface area contributed by atoms with Crippen LogP contribution in [0.2, 0.25) is 0 Å². The van der Waals surface area contributed by atoms with Gasteiger partial charge in [0.05, 0.1) is 24.2 Å². The fourth-order valence-corrected chi connectivity index (χ4v) is 5.43. The molecule has 148 valence electrons. The van der Waals surface area contributed by atoms with Crippen LogP contribution in [-0.4, -0.2) is 36.9 Å². The van der Waals surface area contributed by atoms with Gasteiger partial charge in [0.25, 0.3) is 0 Å². The molecule has 0 amide bonds. The molecule has 0 spiro atoms. The first-order valence-electron chi connectivity index (χ1n) is 9.67. The highest BCUT2D eigenvalue weighted by molar-refractivity contribution is 5.77. The molecule has 4 saturated carbocycles. The van der Waals surface area contributed by atoms with Crippen LogP contribution in [0.25, 0.3) is 0 Å². The van der Waals surface area contributed by atoms with Crippen LogP contribution >= 0.6 is 0 Å². The Hall–Kier alpha value is -1.24. The molecule has 0 aromatic rings. The minimum atomic E-state index is -3.96. The summed E-state index contributed by atoms with van der Waals surface area (Å²) in [5.74, 6) is -1.52. The van der Waals surface area contributed by atoms with Crippen LogP contribution in [0.5, 0.6) is 0 Å². The van der Waals surface area contributed by atoms with Crippen molar-refractivity contribution in [1.29, 1.82) is 0 Å². The number of hydrogen-bond acceptors (Lipinski definition) is 5. The van der Waals surface area contributed by atoms with E-state index in [-0.39, 0.29) is 24.4 Å². The molecule has 4 bridgehead atoms. The van der Waals surface area contributed by atoms with E-state index in [9.17, 15) is 18.4 Å². The van der Waals surface area contributed by atoms with Gasteiger partial charge in [-0.1, -0.05) is 6.92 Å². The average Bonchev–Trinajstić information content (AvgIpc) is 2.74. The van der Waals surface area contributed by atoms with Crippen molar-refractivity contribution in [2.45, 2.75) is 76.9 Å². The molecule has 0 saturated heterocycles. The molecule has 2 unspecified atom stereocenters.